The molecule has 17 nitrogen and oxygen atoms in total. The van der Waals surface area contributed by atoms with E-state index in [0.717, 1.165) is 127 Å². The Kier molecular flexibility index (Phi) is 68.5. The minimum Gasteiger partial charge on any atom is -0.462 e. The third kappa shape index (κ3) is 69.3. The van der Waals surface area contributed by atoms with Gasteiger partial charge in [0, 0.05) is 25.7 Å². The summed E-state index contributed by atoms with van der Waals surface area (Å²) in [5.41, 5.74) is 0. The number of ether oxygens (including phenoxy) is 4. The van der Waals surface area contributed by atoms with Crippen molar-refractivity contribution in [2.75, 3.05) is 39.6 Å². The molecule has 0 aliphatic carbocycles. The van der Waals surface area contributed by atoms with Crippen LogP contribution in [0.25, 0.3) is 0 Å². The predicted molar refractivity (Wildman–Crippen MR) is 400 cm³/mol. The lowest BCUT2D eigenvalue weighted by Gasteiger charge is -2.21. The van der Waals surface area contributed by atoms with Gasteiger partial charge < -0.3 is 33.8 Å². The zero-order chi connectivity index (χ0) is 72.1. The van der Waals surface area contributed by atoms with Crippen LogP contribution < -0.4 is 0 Å². The van der Waals surface area contributed by atoms with Crippen molar-refractivity contribution in [2.45, 2.75) is 407 Å². The first kappa shape index (κ1) is 95.5. The van der Waals surface area contributed by atoms with Gasteiger partial charge in [-0.15, -0.1) is 0 Å². The molecule has 0 saturated heterocycles. The summed E-state index contributed by atoms with van der Waals surface area (Å²) in [4.78, 5) is 72.9. The summed E-state index contributed by atoms with van der Waals surface area (Å²) in [5, 5.41) is 10.6. The molecule has 0 aromatic carbocycles. The molecule has 0 heterocycles. The first-order valence-corrected chi connectivity index (χ1v) is 43.4. The average molecular weight is 1430 g/mol. The van der Waals surface area contributed by atoms with Gasteiger partial charge in [0.15, 0.2) is 12.2 Å². The lowest BCUT2D eigenvalue weighted by atomic mass is 9.99. The van der Waals surface area contributed by atoms with E-state index in [2.05, 4.69) is 65.8 Å². The number of phosphoric acid groups is 2. The Balaban J connectivity index is 5.29. The summed E-state index contributed by atoms with van der Waals surface area (Å²) in [6.07, 6.45) is 61.7. The highest BCUT2D eigenvalue weighted by atomic mass is 31.2. The highest BCUT2D eigenvalue weighted by Crippen LogP contribution is 2.45. The van der Waals surface area contributed by atoms with Crippen LogP contribution >= 0.6 is 15.6 Å². The van der Waals surface area contributed by atoms with E-state index >= 15 is 0 Å². The second-order valence-corrected chi connectivity index (χ2v) is 31.2. The summed E-state index contributed by atoms with van der Waals surface area (Å²) in [7, 11) is -9.93. The molecule has 0 bridgehead atoms. The van der Waals surface area contributed by atoms with Crippen molar-refractivity contribution in [3.05, 3.63) is 24.3 Å². The van der Waals surface area contributed by atoms with Crippen molar-refractivity contribution in [1.82, 2.24) is 0 Å². The van der Waals surface area contributed by atoms with Gasteiger partial charge in [-0.3, -0.25) is 37.3 Å². The third-order valence-corrected chi connectivity index (χ3v) is 20.5. The molecular weight excluding hydrogens is 1280 g/mol. The Hall–Kier alpha value is -2.46. The van der Waals surface area contributed by atoms with Gasteiger partial charge in [-0.25, -0.2) is 9.13 Å². The maximum Gasteiger partial charge on any atom is 0.472 e. The van der Waals surface area contributed by atoms with E-state index in [1.165, 1.54) is 180 Å². The van der Waals surface area contributed by atoms with Crippen LogP contribution in [0.2, 0.25) is 0 Å². The van der Waals surface area contributed by atoms with Crippen LogP contribution in [0.3, 0.4) is 0 Å². The van der Waals surface area contributed by atoms with Crippen LogP contribution in [0.15, 0.2) is 24.3 Å². The summed E-state index contributed by atoms with van der Waals surface area (Å²) in [6.45, 7) is 9.57. The van der Waals surface area contributed by atoms with Gasteiger partial charge in [-0.1, -0.05) is 336 Å². The molecule has 0 aliphatic heterocycles. The number of hydrogen-bond donors (Lipinski definition) is 3. The molecular formula is C79H150O17P2. The first-order valence-electron chi connectivity index (χ1n) is 40.4. The quantitative estimate of drug-likeness (QED) is 0.0169. The average Bonchev–Trinajstić information content (AvgIpc) is 1.94. The van der Waals surface area contributed by atoms with Gasteiger partial charge in [-0.2, -0.15) is 0 Å². The molecule has 0 radical (unpaired) electrons. The minimum absolute atomic E-state index is 0.101. The lowest BCUT2D eigenvalue weighted by molar-refractivity contribution is -0.161. The molecule has 98 heavy (non-hydrogen) atoms. The summed E-state index contributed by atoms with van der Waals surface area (Å²) in [6, 6.07) is 0. The number of allylic oxidation sites excluding steroid dienone is 4. The lowest BCUT2D eigenvalue weighted by Crippen LogP contribution is -2.30. The molecule has 578 valence electrons. The molecule has 0 aromatic rings. The number of aliphatic hydroxyl groups excluding tert-OH is 1. The van der Waals surface area contributed by atoms with Gasteiger partial charge in [0.2, 0.25) is 0 Å². The van der Waals surface area contributed by atoms with Crippen molar-refractivity contribution < 1.29 is 80.2 Å². The number of unbranched alkanes of at least 4 members (excludes halogenated alkanes) is 41. The highest BCUT2D eigenvalue weighted by molar-refractivity contribution is 7.47. The molecule has 0 aliphatic rings. The van der Waals surface area contributed by atoms with Crippen molar-refractivity contribution in [3.63, 3.8) is 0 Å². The zero-order valence-corrected chi connectivity index (χ0v) is 65.4. The molecule has 0 spiro atoms. The van der Waals surface area contributed by atoms with E-state index in [4.69, 9.17) is 37.0 Å². The van der Waals surface area contributed by atoms with Crippen LogP contribution in [0, 0.1) is 11.8 Å². The third-order valence-electron chi connectivity index (χ3n) is 18.6. The Morgan fingerprint density at radius 2 is 0.571 bits per heavy atom. The summed E-state index contributed by atoms with van der Waals surface area (Å²) >= 11 is 0. The zero-order valence-electron chi connectivity index (χ0n) is 63.6. The number of carbonyl (C=O) groups is 4. The molecule has 4 unspecified atom stereocenters. The number of aliphatic hydroxyl groups is 1. The number of carbonyl (C=O) groups excluding carboxylic acids is 4. The Labute approximate surface area is 599 Å². The molecule has 7 atom stereocenters. The van der Waals surface area contributed by atoms with Crippen LogP contribution in [-0.2, 0) is 65.4 Å². The van der Waals surface area contributed by atoms with Crippen molar-refractivity contribution >= 4 is 39.5 Å². The van der Waals surface area contributed by atoms with Crippen LogP contribution in [0.1, 0.15) is 388 Å². The van der Waals surface area contributed by atoms with Crippen molar-refractivity contribution in [2.24, 2.45) is 11.8 Å². The number of phosphoric ester groups is 2. The van der Waals surface area contributed by atoms with Gasteiger partial charge in [-0.05, 0) is 63.2 Å². The largest absolute Gasteiger partial charge is 0.472 e. The normalized spacial score (nSPS) is 14.7. The molecule has 0 fully saturated rings. The van der Waals surface area contributed by atoms with Gasteiger partial charge >= 0.3 is 39.5 Å². The van der Waals surface area contributed by atoms with E-state index in [0.29, 0.717) is 25.7 Å². The van der Waals surface area contributed by atoms with Gasteiger partial charge in [0.1, 0.15) is 19.3 Å². The monoisotopic (exact) mass is 1430 g/mol. The van der Waals surface area contributed by atoms with E-state index < -0.39 is 97.5 Å². The standard InChI is InChI=1S/C79H150O17P2/c1-7-11-13-15-17-19-21-23-25-30-34-38-42-49-55-61-76(81)89-67-74(95-78(83)63-58-52-44-40-36-32-28-27-29-33-37-41-47-53-59-71(5)9-3)69-93-97(85,86)91-65-73(80)66-92-98(87,88)94-70-75(68-90-77(82)62-56-50-46-45-48-54-60-72(6)10-4)96-79(84)64-57-51-43-39-35-31-26-24-22-20-18-16-14-12-8-2/h19,21,23,25,71-75,80H,7-18,20,22,24,26-70H2,1-6H3,(H,85,86)(H,87,88)/b21-19-,25-23-/t71?,72?,73-,74-,75-/m1/s1. The van der Waals surface area contributed by atoms with E-state index in [1.807, 2.05) is 0 Å². The van der Waals surface area contributed by atoms with Crippen LogP contribution in [0.4, 0.5) is 0 Å². The molecule has 0 saturated carbocycles. The van der Waals surface area contributed by atoms with E-state index in [9.17, 15) is 43.2 Å². The molecule has 3 N–H and O–H groups in total. The predicted octanol–water partition coefficient (Wildman–Crippen LogP) is 23.1. The second kappa shape index (κ2) is 70.2. The maximum absolute atomic E-state index is 13.1. The van der Waals surface area contributed by atoms with Gasteiger partial charge in [0.25, 0.3) is 0 Å². The fourth-order valence-corrected chi connectivity index (χ4v) is 13.2. The topological polar surface area (TPSA) is 237 Å². The SMILES string of the molecule is CCCCCC/C=C\C=C/CCCCCCCC(=O)OC[C@H](COP(=O)(O)OC[C@@H](O)COP(=O)(O)OC[C@@H](COC(=O)CCCCCCCCC(C)CC)OC(=O)CCCCCCCCCCCCCCCCC)OC(=O)CCCCCCCCCCCCCCCCC(C)CC. The van der Waals surface area contributed by atoms with Crippen molar-refractivity contribution in [1.29, 1.82) is 0 Å². The Morgan fingerprint density at radius 1 is 0.327 bits per heavy atom. The smallest absolute Gasteiger partial charge is 0.462 e. The Morgan fingerprint density at radius 3 is 0.867 bits per heavy atom. The first-order chi connectivity index (χ1) is 47.4. The molecule has 0 rings (SSSR count). The number of hydrogen-bond acceptors (Lipinski definition) is 15. The van der Waals surface area contributed by atoms with Crippen molar-refractivity contribution in [3.8, 4) is 0 Å². The summed E-state index contributed by atoms with van der Waals surface area (Å²) < 4.78 is 68.6. The van der Waals surface area contributed by atoms with Crippen LogP contribution in [-0.4, -0.2) is 96.7 Å². The summed E-state index contributed by atoms with van der Waals surface area (Å²) in [5.74, 6) is -0.569. The second-order valence-electron chi connectivity index (χ2n) is 28.3. The van der Waals surface area contributed by atoms with E-state index in [1.54, 1.807) is 0 Å². The maximum atomic E-state index is 13.1. The van der Waals surface area contributed by atoms with Crippen LogP contribution in [0.5, 0.6) is 0 Å². The van der Waals surface area contributed by atoms with E-state index in [-0.39, 0.29) is 25.7 Å². The fraction of sp³-hybridized carbons (Fsp3) is 0.899. The highest BCUT2D eigenvalue weighted by Gasteiger charge is 2.30. The fourth-order valence-electron chi connectivity index (χ4n) is 11.6. The molecule has 19 heteroatoms. The molecule has 0 aromatic heterocycles. The Bertz CT molecular complexity index is 1990. The number of esters is 4. The minimum atomic E-state index is -4.97. The number of rotatable bonds is 76. The molecule has 0 amide bonds. The van der Waals surface area contributed by atoms with Gasteiger partial charge in [0.05, 0.1) is 26.4 Å².